The van der Waals surface area contributed by atoms with Crippen molar-refractivity contribution in [3.05, 3.63) is 29.8 Å². The zero-order valence-electron chi connectivity index (χ0n) is 12.3. The van der Waals surface area contributed by atoms with E-state index in [0.29, 0.717) is 13.2 Å². The zero-order valence-corrected chi connectivity index (χ0v) is 12.3. The molecule has 4 nitrogen and oxygen atoms in total. The molecule has 0 atom stereocenters. The largest absolute Gasteiger partial charge is 0.491 e. The van der Waals surface area contributed by atoms with E-state index in [1.807, 2.05) is 12.1 Å². The van der Waals surface area contributed by atoms with E-state index in [-0.39, 0.29) is 0 Å². The third-order valence-corrected chi connectivity index (χ3v) is 3.48. The minimum Gasteiger partial charge on any atom is -0.491 e. The minimum absolute atomic E-state index is 0.606. The van der Waals surface area contributed by atoms with E-state index in [0.717, 1.165) is 51.6 Å². The van der Waals surface area contributed by atoms with Gasteiger partial charge in [0.1, 0.15) is 12.4 Å². The summed E-state index contributed by atoms with van der Waals surface area (Å²) in [6, 6.07) is 8.25. The van der Waals surface area contributed by atoms with Gasteiger partial charge >= 0.3 is 0 Å². The predicted octanol–water partition coefficient (Wildman–Crippen LogP) is 1.98. The summed E-state index contributed by atoms with van der Waals surface area (Å²) in [6.45, 7) is 8.86. The van der Waals surface area contributed by atoms with E-state index < -0.39 is 0 Å². The Morgan fingerprint density at radius 3 is 2.50 bits per heavy atom. The summed E-state index contributed by atoms with van der Waals surface area (Å²) in [7, 11) is 0. The van der Waals surface area contributed by atoms with Crippen LogP contribution in [-0.4, -0.2) is 57.6 Å². The van der Waals surface area contributed by atoms with Crippen LogP contribution in [0.3, 0.4) is 0 Å². The van der Waals surface area contributed by atoms with E-state index in [4.69, 9.17) is 14.2 Å². The summed E-state index contributed by atoms with van der Waals surface area (Å²) in [4.78, 5) is 2.37. The molecule has 1 fully saturated rings. The van der Waals surface area contributed by atoms with Gasteiger partial charge < -0.3 is 14.2 Å². The summed E-state index contributed by atoms with van der Waals surface area (Å²) in [6.07, 6.45) is 1.06. The van der Waals surface area contributed by atoms with Crippen LogP contribution < -0.4 is 4.74 Å². The molecular formula is C16H25NO3. The van der Waals surface area contributed by atoms with E-state index in [1.54, 1.807) is 0 Å². The average molecular weight is 279 g/mol. The standard InChI is InChI=1S/C16H25NO3/c1-2-15-3-5-16(6-4-15)20-14-13-19-12-9-17-7-10-18-11-8-17/h3-6H,2,7-14H2,1H3. The quantitative estimate of drug-likeness (QED) is 0.681. The van der Waals surface area contributed by atoms with Crippen molar-refractivity contribution in [2.24, 2.45) is 0 Å². The van der Waals surface area contributed by atoms with Crippen molar-refractivity contribution in [3.8, 4) is 5.75 Å². The summed E-state index contributed by atoms with van der Waals surface area (Å²) in [5.74, 6) is 0.916. The smallest absolute Gasteiger partial charge is 0.119 e. The van der Waals surface area contributed by atoms with E-state index in [1.165, 1.54) is 5.56 Å². The summed E-state index contributed by atoms with van der Waals surface area (Å²) in [5.41, 5.74) is 1.33. The van der Waals surface area contributed by atoms with Crippen LogP contribution in [0.15, 0.2) is 24.3 Å². The van der Waals surface area contributed by atoms with Gasteiger partial charge in [-0.15, -0.1) is 0 Å². The van der Waals surface area contributed by atoms with Gasteiger partial charge in [-0.3, -0.25) is 4.90 Å². The Kier molecular flexibility index (Phi) is 6.84. The number of rotatable bonds is 8. The Labute approximate surface area is 121 Å². The molecule has 1 aromatic carbocycles. The maximum atomic E-state index is 5.64. The van der Waals surface area contributed by atoms with Gasteiger partial charge in [-0.2, -0.15) is 0 Å². The van der Waals surface area contributed by atoms with Gasteiger partial charge in [-0.1, -0.05) is 19.1 Å². The number of ether oxygens (including phenoxy) is 3. The second kappa shape index (κ2) is 8.95. The lowest BCUT2D eigenvalue weighted by molar-refractivity contribution is 0.0170. The highest BCUT2D eigenvalue weighted by Crippen LogP contribution is 2.12. The average Bonchev–Trinajstić information content (AvgIpc) is 2.52. The molecule has 1 saturated heterocycles. The second-order valence-electron chi connectivity index (χ2n) is 4.91. The lowest BCUT2D eigenvalue weighted by Crippen LogP contribution is -2.38. The van der Waals surface area contributed by atoms with Gasteiger partial charge in [0.25, 0.3) is 0 Å². The fourth-order valence-electron chi connectivity index (χ4n) is 2.16. The topological polar surface area (TPSA) is 30.9 Å². The first-order valence-corrected chi connectivity index (χ1v) is 7.48. The van der Waals surface area contributed by atoms with Crippen molar-refractivity contribution in [1.29, 1.82) is 0 Å². The molecule has 2 rings (SSSR count). The number of aryl methyl sites for hydroxylation is 1. The molecule has 1 aromatic rings. The number of benzene rings is 1. The highest BCUT2D eigenvalue weighted by atomic mass is 16.5. The molecule has 1 aliphatic heterocycles. The fraction of sp³-hybridized carbons (Fsp3) is 0.625. The third kappa shape index (κ3) is 5.49. The first-order chi connectivity index (χ1) is 9.88. The van der Waals surface area contributed by atoms with Gasteiger partial charge in [0.15, 0.2) is 0 Å². The summed E-state index contributed by atoms with van der Waals surface area (Å²) >= 11 is 0. The first kappa shape index (κ1) is 15.3. The van der Waals surface area contributed by atoms with Crippen molar-refractivity contribution in [2.45, 2.75) is 13.3 Å². The SMILES string of the molecule is CCc1ccc(OCCOCCN2CCOCC2)cc1. The molecule has 0 unspecified atom stereocenters. The van der Waals surface area contributed by atoms with Crippen molar-refractivity contribution in [1.82, 2.24) is 4.90 Å². The van der Waals surface area contributed by atoms with Crippen LogP contribution in [0.5, 0.6) is 5.75 Å². The molecule has 1 heterocycles. The number of morpholine rings is 1. The van der Waals surface area contributed by atoms with Crippen molar-refractivity contribution >= 4 is 0 Å². The van der Waals surface area contributed by atoms with Crippen LogP contribution in [0.25, 0.3) is 0 Å². The number of hydrogen-bond acceptors (Lipinski definition) is 4. The number of hydrogen-bond donors (Lipinski definition) is 0. The van der Waals surface area contributed by atoms with Crippen molar-refractivity contribution in [3.63, 3.8) is 0 Å². The van der Waals surface area contributed by atoms with Crippen LogP contribution in [0, 0.1) is 0 Å². The second-order valence-corrected chi connectivity index (χ2v) is 4.91. The molecule has 0 aromatic heterocycles. The predicted molar refractivity (Wildman–Crippen MR) is 79.4 cm³/mol. The zero-order chi connectivity index (χ0) is 14.0. The highest BCUT2D eigenvalue weighted by Gasteiger charge is 2.09. The van der Waals surface area contributed by atoms with Crippen LogP contribution in [-0.2, 0) is 15.9 Å². The summed E-state index contributed by atoms with van der Waals surface area (Å²) < 4.78 is 16.5. The lowest BCUT2D eigenvalue weighted by Gasteiger charge is -2.26. The van der Waals surface area contributed by atoms with Gasteiger partial charge in [-0.05, 0) is 24.1 Å². The van der Waals surface area contributed by atoms with E-state index in [9.17, 15) is 0 Å². The molecule has 112 valence electrons. The van der Waals surface area contributed by atoms with E-state index in [2.05, 4.69) is 24.0 Å². The molecule has 4 heteroatoms. The van der Waals surface area contributed by atoms with E-state index >= 15 is 0 Å². The Bertz CT molecular complexity index is 360. The molecule has 0 aliphatic carbocycles. The molecule has 20 heavy (non-hydrogen) atoms. The maximum absolute atomic E-state index is 5.64. The van der Waals surface area contributed by atoms with Gasteiger partial charge in [-0.25, -0.2) is 0 Å². The molecule has 0 radical (unpaired) electrons. The normalized spacial score (nSPS) is 16.2. The molecule has 0 saturated carbocycles. The Hall–Kier alpha value is -1.10. The Morgan fingerprint density at radius 2 is 1.80 bits per heavy atom. The van der Waals surface area contributed by atoms with Gasteiger partial charge in [0, 0.05) is 19.6 Å². The van der Waals surface area contributed by atoms with Crippen molar-refractivity contribution < 1.29 is 14.2 Å². The first-order valence-electron chi connectivity index (χ1n) is 7.48. The number of nitrogens with zero attached hydrogens (tertiary/aromatic N) is 1. The van der Waals surface area contributed by atoms with Gasteiger partial charge in [0.05, 0.1) is 26.4 Å². The van der Waals surface area contributed by atoms with Crippen LogP contribution in [0.4, 0.5) is 0 Å². The van der Waals surface area contributed by atoms with Gasteiger partial charge in [0.2, 0.25) is 0 Å². The third-order valence-electron chi connectivity index (χ3n) is 3.48. The minimum atomic E-state index is 0.606. The molecule has 1 aliphatic rings. The summed E-state index contributed by atoms with van der Waals surface area (Å²) in [5, 5.41) is 0. The Morgan fingerprint density at radius 1 is 1.05 bits per heavy atom. The van der Waals surface area contributed by atoms with Crippen LogP contribution in [0.1, 0.15) is 12.5 Å². The molecule has 0 N–H and O–H groups in total. The molecule has 0 bridgehead atoms. The molecule has 0 spiro atoms. The molecule has 0 amide bonds. The Balaban J connectivity index is 1.50. The lowest BCUT2D eigenvalue weighted by atomic mass is 10.2. The fourth-order valence-corrected chi connectivity index (χ4v) is 2.16. The van der Waals surface area contributed by atoms with Crippen molar-refractivity contribution in [2.75, 3.05) is 52.7 Å². The van der Waals surface area contributed by atoms with Crippen LogP contribution in [0.2, 0.25) is 0 Å². The van der Waals surface area contributed by atoms with Crippen LogP contribution >= 0.6 is 0 Å². The maximum Gasteiger partial charge on any atom is 0.119 e. The molecular weight excluding hydrogens is 254 g/mol. The monoisotopic (exact) mass is 279 g/mol. The highest BCUT2D eigenvalue weighted by molar-refractivity contribution is 5.27.